The Hall–Kier alpha value is -3.12. The van der Waals surface area contributed by atoms with Crippen LogP contribution in [-0.2, 0) is 13.5 Å². The molecule has 0 aliphatic rings. The van der Waals surface area contributed by atoms with Crippen LogP contribution in [-0.4, -0.2) is 27.4 Å². The molecule has 6 nitrogen and oxygen atoms in total. The van der Waals surface area contributed by atoms with Gasteiger partial charge in [0.2, 0.25) is 5.76 Å². The Balaban J connectivity index is 1.42. The van der Waals surface area contributed by atoms with Gasteiger partial charge < -0.3 is 9.84 Å². The van der Waals surface area contributed by atoms with Gasteiger partial charge in [0.25, 0.3) is 5.91 Å². The van der Waals surface area contributed by atoms with E-state index in [0.29, 0.717) is 23.7 Å². The average Bonchev–Trinajstić information content (AvgIpc) is 3.28. The topological polar surface area (TPSA) is 73.0 Å². The summed E-state index contributed by atoms with van der Waals surface area (Å²) in [7, 11) is 1.91. The number of amides is 1. The molecule has 1 amide bonds. The maximum Gasteiger partial charge on any atom is 0.289 e. The van der Waals surface area contributed by atoms with Crippen molar-refractivity contribution in [1.29, 1.82) is 0 Å². The molecule has 0 saturated heterocycles. The second kappa shape index (κ2) is 7.25. The third kappa shape index (κ3) is 3.44. The van der Waals surface area contributed by atoms with E-state index < -0.39 is 0 Å². The lowest BCUT2D eigenvalue weighted by Gasteiger charge is -2.01. The van der Waals surface area contributed by atoms with Gasteiger partial charge in [-0.3, -0.25) is 9.48 Å². The van der Waals surface area contributed by atoms with Gasteiger partial charge >= 0.3 is 0 Å². The van der Waals surface area contributed by atoms with Crippen molar-refractivity contribution in [2.24, 2.45) is 7.05 Å². The van der Waals surface area contributed by atoms with Crippen molar-refractivity contribution in [1.82, 2.24) is 20.3 Å². The molecule has 7 heteroatoms. The molecule has 1 N–H and O–H groups in total. The Bertz CT molecular complexity index is 1120. The van der Waals surface area contributed by atoms with Crippen LogP contribution in [0.4, 0.5) is 0 Å². The molecule has 27 heavy (non-hydrogen) atoms. The predicted octanol–water partition coefficient (Wildman–Crippen LogP) is 3.85. The fourth-order valence-corrected chi connectivity index (χ4v) is 3.27. The molecule has 0 radical (unpaired) electrons. The first-order valence-corrected chi connectivity index (χ1v) is 8.91. The number of halogens is 1. The quantitative estimate of drug-likeness (QED) is 0.570. The van der Waals surface area contributed by atoms with Gasteiger partial charge in [-0.05, 0) is 12.1 Å². The van der Waals surface area contributed by atoms with Crippen molar-refractivity contribution >= 4 is 28.4 Å². The van der Waals surface area contributed by atoms with Gasteiger partial charge in [-0.15, -0.1) is 0 Å². The number of nitrogens with one attached hydrogen (secondary N) is 1. The van der Waals surface area contributed by atoms with Crippen LogP contribution in [0.15, 0.2) is 59.1 Å². The summed E-state index contributed by atoms with van der Waals surface area (Å²) < 4.78 is 7.02. The molecule has 136 valence electrons. The molecule has 0 aliphatic heterocycles. The molecular weight excluding hydrogens is 364 g/mol. The molecular formula is C20H17ClN4O2. The van der Waals surface area contributed by atoms with Gasteiger partial charge in [-0.1, -0.05) is 53.2 Å². The minimum absolute atomic E-state index is 0.149. The molecule has 2 heterocycles. The molecule has 0 saturated carbocycles. The highest BCUT2D eigenvalue weighted by molar-refractivity contribution is 6.33. The first-order chi connectivity index (χ1) is 13.1. The first kappa shape index (κ1) is 17.3. The third-order valence-electron chi connectivity index (χ3n) is 4.37. The SMILES string of the molecule is Cn1nc(CCNC(=O)c2cc(-c3ccccc3Cl)no2)c2ccccc21. The average molecular weight is 381 g/mol. The Labute approximate surface area is 160 Å². The van der Waals surface area contributed by atoms with E-state index in [1.165, 1.54) is 0 Å². The predicted molar refractivity (Wildman–Crippen MR) is 104 cm³/mol. The van der Waals surface area contributed by atoms with E-state index in [1.54, 1.807) is 12.1 Å². The number of carbonyl (C=O) groups excluding carboxylic acids is 1. The smallest absolute Gasteiger partial charge is 0.289 e. The van der Waals surface area contributed by atoms with Crippen LogP contribution >= 0.6 is 11.6 Å². The third-order valence-corrected chi connectivity index (χ3v) is 4.70. The number of aromatic nitrogens is 3. The maximum absolute atomic E-state index is 12.3. The van der Waals surface area contributed by atoms with Gasteiger partial charge in [0.1, 0.15) is 5.69 Å². The number of hydrogen-bond acceptors (Lipinski definition) is 4. The zero-order valence-corrected chi connectivity index (χ0v) is 15.4. The summed E-state index contributed by atoms with van der Waals surface area (Å²) in [6.45, 7) is 0.446. The van der Waals surface area contributed by atoms with E-state index in [9.17, 15) is 4.79 Å². The number of hydrogen-bond donors (Lipinski definition) is 1. The fourth-order valence-electron chi connectivity index (χ4n) is 3.03. The fraction of sp³-hybridized carbons (Fsp3) is 0.150. The van der Waals surface area contributed by atoms with Gasteiger partial charge in [0.15, 0.2) is 0 Å². The number of fused-ring (bicyclic) bond motifs is 1. The zero-order chi connectivity index (χ0) is 18.8. The van der Waals surface area contributed by atoms with Crippen LogP contribution in [0.1, 0.15) is 16.2 Å². The van der Waals surface area contributed by atoms with E-state index in [1.807, 2.05) is 54.2 Å². The van der Waals surface area contributed by atoms with Crippen molar-refractivity contribution in [2.75, 3.05) is 6.54 Å². The molecule has 4 rings (SSSR count). The van der Waals surface area contributed by atoms with E-state index >= 15 is 0 Å². The number of rotatable bonds is 5. The second-order valence-corrected chi connectivity index (χ2v) is 6.56. The summed E-state index contributed by atoms with van der Waals surface area (Å²) in [5.74, 6) is -0.170. The van der Waals surface area contributed by atoms with Gasteiger partial charge in [0.05, 0.1) is 16.2 Å². The van der Waals surface area contributed by atoms with Crippen LogP contribution in [0.25, 0.3) is 22.2 Å². The van der Waals surface area contributed by atoms with Crippen LogP contribution in [0, 0.1) is 0 Å². The number of para-hydroxylation sites is 1. The van der Waals surface area contributed by atoms with E-state index in [2.05, 4.69) is 15.6 Å². The minimum Gasteiger partial charge on any atom is -0.350 e. The maximum atomic E-state index is 12.3. The Morgan fingerprint density at radius 1 is 1.19 bits per heavy atom. The Kier molecular flexibility index (Phi) is 4.64. The normalized spacial score (nSPS) is 11.0. The lowest BCUT2D eigenvalue weighted by molar-refractivity contribution is 0.0917. The first-order valence-electron chi connectivity index (χ1n) is 8.54. The highest BCUT2D eigenvalue weighted by Gasteiger charge is 2.15. The Morgan fingerprint density at radius 3 is 2.81 bits per heavy atom. The van der Waals surface area contributed by atoms with Gasteiger partial charge in [-0.2, -0.15) is 5.10 Å². The molecule has 0 atom stereocenters. The molecule has 2 aromatic heterocycles. The van der Waals surface area contributed by atoms with E-state index in [4.69, 9.17) is 16.1 Å². The van der Waals surface area contributed by atoms with Crippen LogP contribution in [0.5, 0.6) is 0 Å². The van der Waals surface area contributed by atoms with E-state index in [0.717, 1.165) is 22.2 Å². The lowest BCUT2D eigenvalue weighted by Crippen LogP contribution is -2.25. The molecule has 2 aromatic carbocycles. The molecule has 4 aromatic rings. The summed E-state index contributed by atoms with van der Waals surface area (Å²) in [5, 5.41) is 13.0. The van der Waals surface area contributed by atoms with Crippen molar-refractivity contribution in [3.8, 4) is 11.3 Å². The summed E-state index contributed by atoms with van der Waals surface area (Å²) in [5.41, 5.74) is 3.27. The zero-order valence-electron chi connectivity index (χ0n) is 14.6. The monoisotopic (exact) mass is 380 g/mol. The Morgan fingerprint density at radius 2 is 1.96 bits per heavy atom. The molecule has 0 fully saturated rings. The number of aryl methyl sites for hydroxylation is 1. The van der Waals surface area contributed by atoms with Crippen LogP contribution < -0.4 is 5.32 Å². The molecule has 0 unspecified atom stereocenters. The standard InChI is InChI=1S/C20H17ClN4O2/c1-25-18-9-5-3-7-14(18)16(23-25)10-11-22-20(26)19-12-17(24-27-19)13-6-2-4-8-15(13)21/h2-9,12H,10-11H2,1H3,(H,22,26). The van der Waals surface area contributed by atoms with Crippen LogP contribution in [0.2, 0.25) is 5.02 Å². The van der Waals surface area contributed by atoms with Gasteiger partial charge in [0, 0.05) is 37.0 Å². The highest BCUT2D eigenvalue weighted by Crippen LogP contribution is 2.27. The number of nitrogens with zero attached hydrogens (tertiary/aromatic N) is 3. The van der Waals surface area contributed by atoms with Crippen molar-refractivity contribution in [3.63, 3.8) is 0 Å². The van der Waals surface area contributed by atoms with E-state index in [-0.39, 0.29) is 11.7 Å². The molecule has 0 spiro atoms. The summed E-state index contributed by atoms with van der Waals surface area (Å²) in [4.78, 5) is 12.3. The van der Waals surface area contributed by atoms with Crippen molar-refractivity contribution in [2.45, 2.75) is 6.42 Å². The highest BCUT2D eigenvalue weighted by atomic mass is 35.5. The van der Waals surface area contributed by atoms with Crippen molar-refractivity contribution in [3.05, 3.63) is 71.1 Å². The summed E-state index contributed by atoms with van der Waals surface area (Å²) >= 11 is 6.16. The van der Waals surface area contributed by atoms with Crippen LogP contribution in [0.3, 0.4) is 0 Å². The summed E-state index contributed by atoms with van der Waals surface area (Å²) in [6.07, 6.45) is 0.624. The molecule has 0 aliphatic carbocycles. The van der Waals surface area contributed by atoms with Gasteiger partial charge in [-0.25, -0.2) is 0 Å². The largest absolute Gasteiger partial charge is 0.350 e. The number of benzene rings is 2. The summed E-state index contributed by atoms with van der Waals surface area (Å²) in [6, 6.07) is 16.9. The second-order valence-electron chi connectivity index (χ2n) is 6.15. The minimum atomic E-state index is -0.318. The lowest BCUT2D eigenvalue weighted by atomic mass is 10.1. The number of carbonyl (C=O) groups is 1. The van der Waals surface area contributed by atoms with Crippen molar-refractivity contribution < 1.29 is 9.32 Å². The molecule has 0 bridgehead atoms.